The first-order valence-electron chi connectivity index (χ1n) is 7.10. The summed E-state index contributed by atoms with van der Waals surface area (Å²) in [5, 5.41) is 5.70. The van der Waals surface area contributed by atoms with Crippen molar-refractivity contribution in [3.05, 3.63) is 75.4 Å². The van der Waals surface area contributed by atoms with Crippen LogP contribution in [0.4, 0.5) is 5.82 Å². The molecule has 0 atom stereocenters. The Bertz CT molecular complexity index is 981. The van der Waals surface area contributed by atoms with Crippen LogP contribution in [-0.2, 0) is 16.6 Å². The maximum Gasteiger partial charge on any atom is 0.263 e. The molecular weight excluding hydrogens is 405 g/mol. The van der Waals surface area contributed by atoms with Gasteiger partial charge in [-0.05, 0) is 36.4 Å². The van der Waals surface area contributed by atoms with Crippen LogP contribution in [-0.4, -0.2) is 18.2 Å². The van der Waals surface area contributed by atoms with E-state index in [0.717, 1.165) is 0 Å². The fourth-order valence-corrected chi connectivity index (χ4v) is 3.80. The third-order valence-corrected chi connectivity index (χ3v) is 5.72. The molecule has 0 saturated carbocycles. The smallest absolute Gasteiger partial charge is 0.263 e. The maximum atomic E-state index is 12.3. The van der Waals surface area contributed by atoms with Crippen molar-refractivity contribution in [2.24, 2.45) is 0 Å². The van der Waals surface area contributed by atoms with Gasteiger partial charge in [0, 0.05) is 32.9 Å². The van der Waals surface area contributed by atoms with Crippen molar-refractivity contribution >= 4 is 50.6 Å². The van der Waals surface area contributed by atoms with Gasteiger partial charge in [-0.25, -0.2) is 8.42 Å². The summed E-state index contributed by atoms with van der Waals surface area (Å²) in [6.45, 7) is 0.321. The number of nitrogens with zero attached hydrogens (tertiary/aromatic N) is 2. The van der Waals surface area contributed by atoms with Gasteiger partial charge >= 0.3 is 0 Å². The number of halogens is 3. The average molecular weight is 417 g/mol. The van der Waals surface area contributed by atoms with Crippen LogP contribution < -0.4 is 4.72 Å². The first-order chi connectivity index (χ1) is 11.8. The van der Waals surface area contributed by atoms with Crippen LogP contribution in [0.1, 0.15) is 5.56 Å². The molecule has 0 fully saturated rings. The van der Waals surface area contributed by atoms with Crippen LogP contribution in [0.2, 0.25) is 15.1 Å². The molecule has 2 aromatic carbocycles. The van der Waals surface area contributed by atoms with E-state index in [1.165, 1.54) is 24.3 Å². The first-order valence-corrected chi connectivity index (χ1v) is 9.71. The van der Waals surface area contributed by atoms with Gasteiger partial charge in [-0.15, -0.1) is 0 Å². The molecule has 3 rings (SSSR count). The Labute approximate surface area is 160 Å². The molecule has 5 nitrogen and oxygen atoms in total. The minimum absolute atomic E-state index is 0.0978. The highest BCUT2D eigenvalue weighted by Gasteiger charge is 2.16. The van der Waals surface area contributed by atoms with Gasteiger partial charge in [0.15, 0.2) is 5.82 Å². The van der Waals surface area contributed by atoms with Crippen LogP contribution in [0.25, 0.3) is 0 Å². The molecule has 9 heteroatoms. The van der Waals surface area contributed by atoms with Crippen LogP contribution in [0, 0.1) is 0 Å². The van der Waals surface area contributed by atoms with Crippen molar-refractivity contribution in [2.75, 3.05) is 4.72 Å². The summed E-state index contributed by atoms with van der Waals surface area (Å²) >= 11 is 18.1. The number of benzene rings is 2. The first kappa shape index (κ1) is 18.1. The number of hydrogen-bond donors (Lipinski definition) is 1. The van der Waals surface area contributed by atoms with Crippen LogP contribution in [0.3, 0.4) is 0 Å². The van der Waals surface area contributed by atoms with Crippen molar-refractivity contribution in [1.82, 2.24) is 9.78 Å². The standard InChI is InChI=1S/C16H12Cl3N3O2S/c17-11-4-6-12(7-5-11)25(23,24)21-16-8-9-22(20-16)10-13-14(18)2-1-3-15(13)19/h1-9H,10H2,(H,20,21). The zero-order chi connectivity index (χ0) is 18.0. The van der Waals surface area contributed by atoms with Gasteiger partial charge in [0.1, 0.15) is 0 Å². The van der Waals surface area contributed by atoms with Crippen molar-refractivity contribution in [1.29, 1.82) is 0 Å². The summed E-state index contributed by atoms with van der Waals surface area (Å²) in [5.74, 6) is 0.193. The second-order valence-corrected chi connectivity index (χ2v) is 8.09. The van der Waals surface area contributed by atoms with E-state index in [4.69, 9.17) is 34.8 Å². The molecule has 1 heterocycles. The van der Waals surface area contributed by atoms with E-state index in [-0.39, 0.29) is 10.7 Å². The molecule has 130 valence electrons. The molecule has 3 aromatic rings. The molecule has 0 amide bonds. The van der Waals surface area contributed by atoms with E-state index in [0.29, 0.717) is 27.2 Å². The summed E-state index contributed by atoms with van der Waals surface area (Å²) in [7, 11) is -3.74. The lowest BCUT2D eigenvalue weighted by molar-refractivity contribution is 0.600. The zero-order valence-corrected chi connectivity index (χ0v) is 15.7. The third-order valence-electron chi connectivity index (χ3n) is 3.39. The number of sulfonamides is 1. The predicted octanol–water partition coefficient (Wildman–Crippen LogP) is 4.69. The second-order valence-electron chi connectivity index (χ2n) is 5.16. The van der Waals surface area contributed by atoms with Gasteiger partial charge in [0.05, 0.1) is 11.4 Å². The van der Waals surface area contributed by atoms with Gasteiger partial charge in [0.25, 0.3) is 10.0 Å². The van der Waals surface area contributed by atoms with Gasteiger partial charge < -0.3 is 0 Å². The molecule has 0 spiro atoms. The molecule has 0 radical (unpaired) electrons. The van der Waals surface area contributed by atoms with Crippen molar-refractivity contribution in [2.45, 2.75) is 11.4 Å². The highest BCUT2D eigenvalue weighted by atomic mass is 35.5. The quantitative estimate of drug-likeness (QED) is 0.656. The molecule has 0 unspecified atom stereocenters. The lowest BCUT2D eigenvalue weighted by Gasteiger charge is -2.07. The summed E-state index contributed by atoms with van der Waals surface area (Å²) < 4.78 is 28.7. The summed E-state index contributed by atoms with van der Waals surface area (Å²) in [6, 6.07) is 12.6. The van der Waals surface area contributed by atoms with E-state index in [2.05, 4.69) is 9.82 Å². The summed E-state index contributed by atoms with van der Waals surface area (Å²) in [5.41, 5.74) is 0.709. The molecular formula is C16H12Cl3N3O2S. The second kappa shape index (κ2) is 7.25. The van der Waals surface area contributed by atoms with Gasteiger partial charge in [-0.1, -0.05) is 40.9 Å². The Morgan fingerprint density at radius 1 is 0.960 bits per heavy atom. The Kier molecular flexibility index (Phi) is 5.24. The highest BCUT2D eigenvalue weighted by molar-refractivity contribution is 7.92. The van der Waals surface area contributed by atoms with Gasteiger partial charge in [0.2, 0.25) is 0 Å². The Morgan fingerprint density at radius 2 is 1.60 bits per heavy atom. The fourth-order valence-electron chi connectivity index (χ4n) is 2.16. The third kappa shape index (κ3) is 4.27. The normalized spacial score (nSPS) is 11.5. The minimum Gasteiger partial charge on any atom is -0.266 e. The molecule has 25 heavy (non-hydrogen) atoms. The number of rotatable bonds is 5. The molecule has 0 bridgehead atoms. The van der Waals surface area contributed by atoms with Crippen molar-refractivity contribution in [3.8, 4) is 0 Å². The topological polar surface area (TPSA) is 64.0 Å². The molecule has 1 N–H and O–H groups in total. The number of anilines is 1. The van der Waals surface area contributed by atoms with Crippen LogP contribution in [0.15, 0.2) is 59.6 Å². The average Bonchev–Trinajstić information content (AvgIpc) is 2.98. The van der Waals surface area contributed by atoms with Gasteiger partial charge in [-0.2, -0.15) is 5.10 Å². The van der Waals surface area contributed by atoms with E-state index < -0.39 is 10.0 Å². The number of aromatic nitrogens is 2. The fraction of sp³-hybridized carbons (Fsp3) is 0.0625. The van der Waals surface area contributed by atoms with Crippen molar-refractivity contribution in [3.63, 3.8) is 0 Å². The van der Waals surface area contributed by atoms with E-state index >= 15 is 0 Å². The van der Waals surface area contributed by atoms with Gasteiger partial charge in [-0.3, -0.25) is 9.40 Å². The molecule has 0 aliphatic heterocycles. The van der Waals surface area contributed by atoms with E-state index in [1.807, 2.05) is 0 Å². The number of nitrogens with one attached hydrogen (secondary N) is 1. The summed E-state index contributed by atoms with van der Waals surface area (Å²) in [6.07, 6.45) is 1.64. The number of hydrogen-bond acceptors (Lipinski definition) is 3. The predicted molar refractivity (Wildman–Crippen MR) is 100 cm³/mol. The summed E-state index contributed by atoms with van der Waals surface area (Å²) in [4.78, 5) is 0.0978. The molecule has 1 aromatic heterocycles. The lowest BCUT2D eigenvalue weighted by atomic mass is 10.2. The van der Waals surface area contributed by atoms with Crippen LogP contribution >= 0.6 is 34.8 Å². The molecule has 0 aliphatic rings. The largest absolute Gasteiger partial charge is 0.266 e. The maximum absolute atomic E-state index is 12.3. The highest BCUT2D eigenvalue weighted by Crippen LogP contribution is 2.25. The monoisotopic (exact) mass is 415 g/mol. The van der Waals surface area contributed by atoms with E-state index in [1.54, 1.807) is 35.1 Å². The zero-order valence-electron chi connectivity index (χ0n) is 12.7. The van der Waals surface area contributed by atoms with Crippen LogP contribution in [0.5, 0.6) is 0 Å². The SMILES string of the molecule is O=S(=O)(Nc1ccn(Cc2c(Cl)cccc2Cl)n1)c1ccc(Cl)cc1. The Hall–Kier alpha value is -1.73. The Morgan fingerprint density at radius 3 is 2.24 bits per heavy atom. The lowest BCUT2D eigenvalue weighted by Crippen LogP contribution is -2.13. The minimum atomic E-state index is -3.74. The molecule has 0 saturated heterocycles. The Balaban J connectivity index is 1.79. The molecule has 0 aliphatic carbocycles. The van der Waals surface area contributed by atoms with E-state index in [9.17, 15) is 8.42 Å². The van der Waals surface area contributed by atoms with Crippen molar-refractivity contribution < 1.29 is 8.42 Å².